The Morgan fingerprint density at radius 3 is 2.90 bits per heavy atom. The van der Waals surface area contributed by atoms with Gasteiger partial charge in [0.2, 0.25) is 0 Å². The number of nitrogens with zero attached hydrogens (tertiary/aromatic N) is 3. The van der Waals surface area contributed by atoms with Crippen LogP contribution in [-0.4, -0.2) is 44.0 Å². The van der Waals surface area contributed by atoms with Crippen molar-refractivity contribution in [3.8, 4) is 17.3 Å². The minimum atomic E-state index is -0.401. The topological polar surface area (TPSA) is 105 Å². The monoisotopic (exact) mass is 429 g/mol. The molecule has 0 atom stereocenters. The number of fused-ring (bicyclic) bond motifs is 1. The maximum absolute atomic E-state index is 13.4. The number of carbonyl (C=O) groups is 1. The van der Waals surface area contributed by atoms with Crippen molar-refractivity contribution in [1.82, 2.24) is 19.7 Å². The predicted molar refractivity (Wildman–Crippen MR) is 110 cm³/mol. The molecule has 3 N–H and O–H groups in total. The van der Waals surface area contributed by atoms with Gasteiger partial charge in [0.15, 0.2) is 11.6 Å². The number of aromatic amines is 1. The molecule has 0 aliphatic rings. The molecule has 30 heavy (non-hydrogen) atoms. The highest BCUT2D eigenvalue weighted by atomic mass is 35.5. The number of H-pyrrole nitrogens is 1. The molecule has 4 aromatic rings. The Hall–Kier alpha value is -3.43. The third kappa shape index (κ3) is 3.98. The lowest BCUT2D eigenvalue weighted by Gasteiger charge is -2.08. The molecule has 0 fully saturated rings. The number of anilines is 1. The number of aliphatic hydroxyl groups excluding tert-OH is 1. The van der Waals surface area contributed by atoms with Gasteiger partial charge in [0, 0.05) is 18.7 Å². The van der Waals surface area contributed by atoms with Crippen molar-refractivity contribution in [2.45, 2.75) is 0 Å². The summed E-state index contributed by atoms with van der Waals surface area (Å²) in [6.07, 6.45) is 0. The summed E-state index contributed by atoms with van der Waals surface area (Å²) in [6, 6.07) is 10.5. The predicted octanol–water partition coefficient (Wildman–Crippen LogP) is 3.38. The minimum Gasteiger partial charge on any atom is -0.490 e. The fraction of sp³-hybridized carbons (Fsp3) is 0.150. The van der Waals surface area contributed by atoms with E-state index in [0.29, 0.717) is 39.7 Å². The van der Waals surface area contributed by atoms with Crippen molar-refractivity contribution in [2.24, 2.45) is 7.05 Å². The van der Waals surface area contributed by atoms with Crippen LogP contribution in [0.15, 0.2) is 42.5 Å². The Kier molecular flexibility index (Phi) is 5.39. The van der Waals surface area contributed by atoms with Crippen LogP contribution in [0, 0.1) is 5.82 Å². The molecule has 0 saturated heterocycles. The number of hydrogen-bond acceptors (Lipinski definition) is 5. The fourth-order valence-electron chi connectivity index (χ4n) is 2.96. The lowest BCUT2D eigenvalue weighted by Crippen LogP contribution is -2.12. The number of amides is 1. The first-order chi connectivity index (χ1) is 14.4. The Morgan fingerprint density at radius 1 is 1.30 bits per heavy atom. The van der Waals surface area contributed by atoms with Crippen LogP contribution in [0.25, 0.3) is 22.6 Å². The number of nitrogens with one attached hydrogen (secondary N) is 2. The Morgan fingerprint density at radius 2 is 2.13 bits per heavy atom. The van der Waals surface area contributed by atoms with E-state index in [1.807, 2.05) is 0 Å². The standard InChI is InChI=1S/C20H17ClFN5O3/c1-27-16(19-23-14-4-3-12(22)9-15(14)24-19)10-18(26-27)25-20(29)11-2-5-17(13(21)8-11)30-7-6-28/h2-5,8-10,28H,6-7H2,1H3,(H,23,24)(H,25,26,29). The van der Waals surface area contributed by atoms with E-state index in [9.17, 15) is 9.18 Å². The largest absolute Gasteiger partial charge is 0.490 e. The molecule has 8 nitrogen and oxygen atoms in total. The van der Waals surface area contributed by atoms with E-state index >= 15 is 0 Å². The Bertz CT molecular complexity index is 1240. The van der Waals surface area contributed by atoms with Gasteiger partial charge >= 0.3 is 0 Å². The molecule has 2 aromatic heterocycles. The van der Waals surface area contributed by atoms with Crippen LogP contribution < -0.4 is 10.1 Å². The molecular weight excluding hydrogens is 413 g/mol. The molecular formula is C20H17ClFN5O3. The van der Waals surface area contributed by atoms with Crippen LogP contribution >= 0.6 is 11.6 Å². The summed E-state index contributed by atoms with van der Waals surface area (Å²) in [6.45, 7) is -0.0306. The second-order valence-corrected chi connectivity index (χ2v) is 6.86. The zero-order chi connectivity index (χ0) is 21.3. The molecule has 2 heterocycles. The number of halogens is 2. The second-order valence-electron chi connectivity index (χ2n) is 6.46. The van der Waals surface area contributed by atoms with Gasteiger partial charge in [0.1, 0.15) is 23.9 Å². The number of aliphatic hydroxyl groups is 1. The van der Waals surface area contributed by atoms with Crippen molar-refractivity contribution in [2.75, 3.05) is 18.5 Å². The van der Waals surface area contributed by atoms with Crippen LogP contribution in [0.2, 0.25) is 5.02 Å². The molecule has 0 spiro atoms. The van der Waals surface area contributed by atoms with Gasteiger partial charge in [-0.1, -0.05) is 11.6 Å². The number of aryl methyl sites for hydroxylation is 1. The summed E-state index contributed by atoms with van der Waals surface area (Å²) in [5, 5.41) is 16.1. The molecule has 1 amide bonds. The highest BCUT2D eigenvalue weighted by Crippen LogP contribution is 2.27. The highest BCUT2D eigenvalue weighted by Gasteiger charge is 2.15. The van der Waals surface area contributed by atoms with Gasteiger partial charge in [-0.15, -0.1) is 0 Å². The zero-order valence-electron chi connectivity index (χ0n) is 15.8. The summed E-state index contributed by atoms with van der Waals surface area (Å²) in [7, 11) is 1.71. The zero-order valence-corrected chi connectivity index (χ0v) is 16.6. The summed E-state index contributed by atoms with van der Waals surface area (Å²) in [5.74, 6) is 0.438. The van der Waals surface area contributed by atoms with Crippen molar-refractivity contribution >= 4 is 34.4 Å². The van der Waals surface area contributed by atoms with Crippen LogP contribution in [0.3, 0.4) is 0 Å². The molecule has 0 saturated carbocycles. The number of carbonyl (C=O) groups excluding carboxylic acids is 1. The van der Waals surface area contributed by atoms with Crippen molar-refractivity contribution < 1.29 is 19.0 Å². The first kappa shape index (κ1) is 19.9. The van der Waals surface area contributed by atoms with Crippen molar-refractivity contribution in [1.29, 1.82) is 0 Å². The Balaban J connectivity index is 1.54. The smallest absolute Gasteiger partial charge is 0.256 e. The van der Waals surface area contributed by atoms with Gasteiger partial charge in [-0.05, 0) is 36.4 Å². The van der Waals surface area contributed by atoms with E-state index in [2.05, 4.69) is 20.4 Å². The summed E-state index contributed by atoms with van der Waals surface area (Å²) < 4.78 is 20.2. The van der Waals surface area contributed by atoms with Crippen LogP contribution in [0.5, 0.6) is 5.75 Å². The maximum atomic E-state index is 13.4. The van der Waals surface area contributed by atoms with Crippen molar-refractivity contribution in [3.63, 3.8) is 0 Å². The first-order valence-electron chi connectivity index (χ1n) is 8.99. The quantitative estimate of drug-likeness (QED) is 0.436. The van der Waals surface area contributed by atoms with Crippen LogP contribution in [0.4, 0.5) is 10.2 Å². The van der Waals surface area contributed by atoms with E-state index in [4.69, 9.17) is 21.4 Å². The van der Waals surface area contributed by atoms with E-state index in [1.165, 1.54) is 18.2 Å². The highest BCUT2D eigenvalue weighted by molar-refractivity contribution is 6.32. The minimum absolute atomic E-state index is 0.108. The average molecular weight is 430 g/mol. The molecule has 0 aliphatic carbocycles. The van der Waals surface area contributed by atoms with Gasteiger partial charge in [-0.2, -0.15) is 5.10 Å². The number of benzene rings is 2. The molecule has 0 bridgehead atoms. The van der Waals surface area contributed by atoms with E-state index < -0.39 is 5.91 Å². The lowest BCUT2D eigenvalue weighted by molar-refractivity contribution is 0.102. The second kappa shape index (κ2) is 8.13. The SMILES string of the molecule is Cn1nc(NC(=O)c2ccc(OCCO)c(Cl)c2)cc1-c1nc2ccc(F)cc2[nH]1. The number of ether oxygens (including phenoxy) is 1. The van der Waals surface area contributed by atoms with E-state index in [0.717, 1.165) is 0 Å². The summed E-state index contributed by atoms with van der Waals surface area (Å²) in [4.78, 5) is 20.0. The molecule has 4 rings (SSSR count). The van der Waals surface area contributed by atoms with Gasteiger partial charge in [0.25, 0.3) is 5.91 Å². The molecule has 154 valence electrons. The number of imidazole rings is 1. The lowest BCUT2D eigenvalue weighted by atomic mass is 10.2. The first-order valence-corrected chi connectivity index (χ1v) is 9.36. The normalized spacial score (nSPS) is 11.1. The molecule has 0 aliphatic heterocycles. The van der Waals surface area contributed by atoms with Gasteiger partial charge in [0.05, 0.1) is 22.7 Å². The summed E-state index contributed by atoms with van der Waals surface area (Å²) >= 11 is 6.13. The van der Waals surface area contributed by atoms with Crippen molar-refractivity contribution in [3.05, 3.63) is 58.9 Å². The fourth-order valence-corrected chi connectivity index (χ4v) is 3.19. The van der Waals surface area contributed by atoms with E-state index in [1.54, 1.807) is 36.0 Å². The molecule has 10 heteroatoms. The Labute approximate surface area is 175 Å². The van der Waals surface area contributed by atoms with E-state index in [-0.39, 0.29) is 24.1 Å². The summed E-state index contributed by atoms with van der Waals surface area (Å²) in [5.41, 5.74) is 2.13. The number of hydrogen-bond donors (Lipinski definition) is 3. The maximum Gasteiger partial charge on any atom is 0.256 e. The third-order valence-corrected chi connectivity index (χ3v) is 4.65. The van der Waals surface area contributed by atoms with Crippen LogP contribution in [-0.2, 0) is 7.05 Å². The molecule has 0 unspecified atom stereocenters. The van der Waals surface area contributed by atoms with Gasteiger partial charge in [-0.3, -0.25) is 9.48 Å². The molecule has 2 aromatic carbocycles. The van der Waals surface area contributed by atoms with Gasteiger partial charge in [-0.25, -0.2) is 9.37 Å². The third-order valence-electron chi connectivity index (χ3n) is 4.35. The molecule has 0 radical (unpaired) electrons. The number of aromatic nitrogens is 4. The average Bonchev–Trinajstić information content (AvgIpc) is 3.29. The van der Waals surface area contributed by atoms with Crippen LogP contribution in [0.1, 0.15) is 10.4 Å². The number of rotatable bonds is 6. The van der Waals surface area contributed by atoms with Gasteiger partial charge < -0.3 is 20.1 Å².